The molecule has 0 saturated carbocycles. The van der Waals surface area contributed by atoms with E-state index in [1.54, 1.807) is 23.0 Å². The van der Waals surface area contributed by atoms with Crippen LogP contribution in [0.4, 0.5) is 5.95 Å². The standard InChI is InChI=1S/C20H24N4O/c1-2-23-19(25)14-17(15-9-11-21-12-10-15)22-20(23)24-13-5-7-16-6-3-4-8-18(16)24/h8-12,14,16H,2-7,13H2,1H3. The monoisotopic (exact) mass is 336 g/mol. The highest BCUT2D eigenvalue weighted by molar-refractivity contribution is 5.60. The first-order chi connectivity index (χ1) is 12.3. The third kappa shape index (κ3) is 2.99. The summed E-state index contributed by atoms with van der Waals surface area (Å²) in [7, 11) is 0. The quantitative estimate of drug-likeness (QED) is 0.859. The number of hydrogen-bond acceptors (Lipinski definition) is 4. The maximum Gasteiger partial charge on any atom is 0.255 e. The Labute approximate surface area is 148 Å². The van der Waals surface area contributed by atoms with Crippen LogP contribution in [-0.2, 0) is 6.54 Å². The summed E-state index contributed by atoms with van der Waals surface area (Å²) in [4.78, 5) is 24.0. The molecular weight excluding hydrogens is 312 g/mol. The van der Waals surface area contributed by atoms with E-state index in [2.05, 4.69) is 16.0 Å². The molecule has 1 fully saturated rings. The van der Waals surface area contributed by atoms with Crippen LogP contribution < -0.4 is 10.5 Å². The van der Waals surface area contributed by atoms with Crippen molar-refractivity contribution in [3.63, 3.8) is 0 Å². The second kappa shape index (κ2) is 6.82. The van der Waals surface area contributed by atoms with Crippen molar-refractivity contribution in [2.75, 3.05) is 11.4 Å². The fourth-order valence-corrected chi connectivity index (χ4v) is 4.06. The summed E-state index contributed by atoms with van der Waals surface area (Å²) in [5.41, 5.74) is 3.05. The van der Waals surface area contributed by atoms with Gasteiger partial charge in [0.25, 0.3) is 5.56 Å². The lowest BCUT2D eigenvalue weighted by atomic mass is 9.85. The number of fused-ring (bicyclic) bond motifs is 1. The lowest BCUT2D eigenvalue weighted by molar-refractivity contribution is 0.412. The van der Waals surface area contributed by atoms with Crippen molar-refractivity contribution in [3.8, 4) is 11.3 Å². The van der Waals surface area contributed by atoms with Crippen molar-refractivity contribution in [3.05, 3.63) is 52.7 Å². The molecule has 0 N–H and O–H groups in total. The maximum absolute atomic E-state index is 12.7. The van der Waals surface area contributed by atoms with Gasteiger partial charge in [-0.25, -0.2) is 4.98 Å². The Hall–Kier alpha value is -2.43. The summed E-state index contributed by atoms with van der Waals surface area (Å²) in [6, 6.07) is 5.44. The molecular formula is C20H24N4O. The molecule has 4 rings (SSSR count). The average Bonchev–Trinajstić information content (AvgIpc) is 2.67. The topological polar surface area (TPSA) is 51.0 Å². The second-order valence-corrected chi connectivity index (χ2v) is 6.81. The number of hydrogen-bond donors (Lipinski definition) is 0. The largest absolute Gasteiger partial charge is 0.316 e. The van der Waals surface area contributed by atoms with Gasteiger partial charge in [-0.3, -0.25) is 14.3 Å². The fourth-order valence-electron chi connectivity index (χ4n) is 4.06. The Balaban J connectivity index is 1.84. The second-order valence-electron chi connectivity index (χ2n) is 6.81. The van der Waals surface area contributed by atoms with Crippen LogP contribution in [0.25, 0.3) is 11.3 Å². The number of aromatic nitrogens is 3. The molecule has 1 aliphatic carbocycles. The zero-order valence-electron chi connectivity index (χ0n) is 14.7. The summed E-state index contributed by atoms with van der Waals surface area (Å²) in [5.74, 6) is 1.41. The molecule has 130 valence electrons. The third-order valence-corrected chi connectivity index (χ3v) is 5.30. The van der Waals surface area contributed by atoms with Crippen LogP contribution >= 0.6 is 0 Å². The highest BCUT2D eigenvalue weighted by Crippen LogP contribution is 2.37. The summed E-state index contributed by atoms with van der Waals surface area (Å²) in [6.45, 7) is 3.58. The van der Waals surface area contributed by atoms with Crippen molar-refractivity contribution >= 4 is 5.95 Å². The zero-order chi connectivity index (χ0) is 17.2. The van der Waals surface area contributed by atoms with E-state index in [1.165, 1.54) is 25.0 Å². The predicted molar refractivity (Wildman–Crippen MR) is 99.4 cm³/mol. The molecule has 1 atom stereocenters. The summed E-state index contributed by atoms with van der Waals surface area (Å²) in [6.07, 6.45) is 11.9. The maximum atomic E-state index is 12.7. The molecule has 2 aliphatic rings. The molecule has 1 saturated heterocycles. The van der Waals surface area contributed by atoms with Gasteiger partial charge in [-0.15, -0.1) is 0 Å². The van der Waals surface area contributed by atoms with Crippen LogP contribution in [0.5, 0.6) is 0 Å². The lowest BCUT2D eigenvalue weighted by Gasteiger charge is -2.39. The number of piperidine rings is 1. The summed E-state index contributed by atoms with van der Waals surface area (Å²) < 4.78 is 1.79. The minimum atomic E-state index is 0.0119. The van der Waals surface area contributed by atoms with Crippen LogP contribution in [-0.4, -0.2) is 21.1 Å². The smallest absolute Gasteiger partial charge is 0.255 e. The van der Waals surface area contributed by atoms with E-state index < -0.39 is 0 Å². The molecule has 5 nitrogen and oxygen atoms in total. The third-order valence-electron chi connectivity index (χ3n) is 5.30. The molecule has 3 heterocycles. The number of pyridine rings is 1. The molecule has 1 unspecified atom stereocenters. The lowest BCUT2D eigenvalue weighted by Crippen LogP contribution is -2.39. The van der Waals surface area contributed by atoms with E-state index in [9.17, 15) is 4.79 Å². The molecule has 25 heavy (non-hydrogen) atoms. The number of allylic oxidation sites excluding steroid dienone is 2. The SMILES string of the molecule is CCn1c(N2CCCC3CCCC=C32)nc(-c2ccncc2)cc1=O. The molecule has 2 aromatic rings. The predicted octanol–water partition coefficient (Wildman–Crippen LogP) is 3.61. The Bertz CT molecular complexity index is 841. The van der Waals surface area contributed by atoms with Crippen LogP contribution in [0.2, 0.25) is 0 Å². The van der Waals surface area contributed by atoms with Crippen molar-refractivity contribution in [1.82, 2.24) is 14.5 Å². The van der Waals surface area contributed by atoms with Crippen LogP contribution in [0.1, 0.15) is 39.0 Å². The van der Waals surface area contributed by atoms with Gasteiger partial charge in [0.15, 0.2) is 0 Å². The molecule has 0 aromatic carbocycles. The van der Waals surface area contributed by atoms with E-state index in [1.807, 2.05) is 19.1 Å². The van der Waals surface area contributed by atoms with Gasteiger partial charge in [-0.05, 0) is 57.1 Å². The van der Waals surface area contributed by atoms with E-state index in [0.717, 1.165) is 36.6 Å². The normalized spacial score (nSPS) is 20.1. The Kier molecular flexibility index (Phi) is 4.38. The van der Waals surface area contributed by atoms with Gasteiger partial charge in [0.1, 0.15) is 0 Å². The molecule has 0 spiro atoms. The Morgan fingerprint density at radius 1 is 1.20 bits per heavy atom. The summed E-state index contributed by atoms with van der Waals surface area (Å²) in [5, 5.41) is 0. The first-order valence-electron chi connectivity index (χ1n) is 9.28. The van der Waals surface area contributed by atoms with Crippen molar-refractivity contribution in [2.24, 2.45) is 5.92 Å². The number of anilines is 1. The van der Waals surface area contributed by atoms with Gasteiger partial charge in [-0.2, -0.15) is 0 Å². The molecule has 1 aliphatic heterocycles. The van der Waals surface area contributed by atoms with Crippen molar-refractivity contribution < 1.29 is 0 Å². The van der Waals surface area contributed by atoms with Gasteiger partial charge in [0.2, 0.25) is 5.95 Å². The van der Waals surface area contributed by atoms with Crippen molar-refractivity contribution in [2.45, 2.75) is 45.6 Å². The van der Waals surface area contributed by atoms with Gasteiger partial charge < -0.3 is 4.90 Å². The molecule has 0 amide bonds. The molecule has 0 radical (unpaired) electrons. The first kappa shape index (κ1) is 16.1. The molecule has 0 bridgehead atoms. The highest BCUT2D eigenvalue weighted by Gasteiger charge is 2.30. The fraction of sp³-hybridized carbons (Fsp3) is 0.450. The van der Waals surface area contributed by atoms with Gasteiger partial charge in [-0.1, -0.05) is 6.08 Å². The van der Waals surface area contributed by atoms with Gasteiger partial charge in [0, 0.05) is 42.8 Å². The van der Waals surface area contributed by atoms with E-state index in [0.29, 0.717) is 12.5 Å². The van der Waals surface area contributed by atoms with E-state index in [-0.39, 0.29) is 5.56 Å². The van der Waals surface area contributed by atoms with Gasteiger partial charge >= 0.3 is 0 Å². The minimum Gasteiger partial charge on any atom is -0.316 e. The summed E-state index contributed by atoms with van der Waals surface area (Å²) >= 11 is 0. The highest BCUT2D eigenvalue weighted by atomic mass is 16.1. The molecule has 5 heteroatoms. The van der Waals surface area contributed by atoms with Gasteiger partial charge in [0.05, 0.1) is 5.69 Å². The van der Waals surface area contributed by atoms with E-state index in [4.69, 9.17) is 4.98 Å². The number of rotatable bonds is 3. The van der Waals surface area contributed by atoms with Crippen LogP contribution in [0.3, 0.4) is 0 Å². The first-order valence-corrected chi connectivity index (χ1v) is 9.28. The molecule has 2 aromatic heterocycles. The zero-order valence-corrected chi connectivity index (χ0v) is 14.7. The minimum absolute atomic E-state index is 0.0119. The average molecular weight is 336 g/mol. The number of nitrogens with zero attached hydrogens (tertiary/aromatic N) is 4. The van der Waals surface area contributed by atoms with E-state index >= 15 is 0 Å². The Morgan fingerprint density at radius 3 is 2.80 bits per heavy atom. The van der Waals surface area contributed by atoms with Crippen LogP contribution in [0, 0.1) is 5.92 Å². The van der Waals surface area contributed by atoms with Crippen molar-refractivity contribution in [1.29, 1.82) is 0 Å². The van der Waals surface area contributed by atoms with Crippen LogP contribution in [0.15, 0.2) is 47.2 Å². The Morgan fingerprint density at radius 2 is 2.00 bits per heavy atom.